The van der Waals surface area contributed by atoms with Crippen LogP contribution in [0.1, 0.15) is 13.8 Å². The number of carbonyl (C=O) groups is 1. The number of rotatable bonds is 2. The summed E-state index contributed by atoms with van der Waals surface area (Å²) in [6, 6.07) is 5.43. The van der Waals surface area contributed by atoms with Crippen LogP contribution < -0.4 is 15.4 Å². The van der Waals surface area contributed by atoms with Crippen LogP contribution in [0.25, 0.3) is 0 Å². The predicted molar refractivity (Wildman–Crippen MR) is 69.8 cm³/mol. The molecule has 0 aromatic heterocycles. The molecule has 1 heterocycles. The highest BCUT2D eigenvalue weighted by molar-refractivity contribution is 5.78. The minimum Gasteiger partial charge on any atom is -0.484 e. The highest BCUT2D eigenvalue weighted by Crippen LogP contribution is 2.37. The summed E-state index contributed by atoms with van der Waals surface area (Å²) in [6.07, 6.45) is 0. The second kappa shape index (κ2) is 4.40. The number of nitrogens with zero attached hydrogens (tertiary/aromatic N) is 1. The van der Waals surface area contributed by atoms with Gasteiger partial charge in [0.2, 0.25) is 0 Å². The van der Waals surface area contributed by atoms with E-state index in [2.05, 4.69) is 0 Å². The third-order valence-corrected chi connectivity index (χ3v) is 2.83. The fourth-order valence-corrected chi connectivity index (χ4v) is 2.10. The van der Waals surface area contributed by atoms with E-state index >= 15 is 0 Å². The Morgan fingerprint density at radius 3 is 2.94 bits per heavy atom. The maximum atomic E-state index is 11.4. The number of fused-ring (bicyclic) bond motifs is 1. The lowest BCUT2D eigenvalue weighted by atomic mass is 10.0. The van der Waals surface area contributed by atoms with E-state index in [1.54, 1.807) is 6.07 Å². The number of hydrogen-bond donors (Lipinski definition) is 1. The van der Waals surface area contributed by atoms with Crippen molar-refractivity contribution in [2.45, 2.75) is 19.4 Å². The van der Waals surface area contributed by atoms with E-state index in [4.69, 9.17) is 15.2 Å². The number of carbonyl (C=O) groups excluding carboxylic acids is 1. The Hall–Kier alpha value is -1.91. The Morgan fingerprint density at radius 1 is 1.56 bits per heavy atom. The zero-order valence-corrected chi connectivity index (χ0v) is 10.9. The van der Waals surface area contributed by atoms with Crippen molar-refractivity contribution in [1.29, 1.82) is 0 Å². The molecule has 2 N–H and O–H groups in total. The van der Waals surface area contributed by atoms with E-state index in [0.717, 1.165) is 11.4 Å². The smallest absolute Gasteiger partial charge is 0.325 e. The van der Waals surface area contributed by atoms with Gasteiger partial charge in [0.1, 0.15) is 17.9 Å². The molecular weight excluding hydrogens is 232 g/mol. The number of ether oxygens (including phenoxy) is 2. The zero-order valence-electron chi connectivity index (χ0n) is 10.9. The maximum absolute atomic E-state index is 11.4. The highest BCUT2D eigenvalue weighted by Gasteiger charge is 2.32. The average Bonchev–Trinajstić information content (AvgIpc) is 2.29. The lowest BCUT2D eigenvalue weighted by molar-refractivity contribution is -0.139. The molecule has 5 heteroatoms. The van der Waals surface area contributed by atoms with Crippen molar-refractivity contribution >= 4 is 17.3 Å². The molecule has 0 fully saturated rings. The van der Waals surface area contributed by atoms with Gasteiger partial charge in [-0.3, -0.25) is 4.79 Å². The van der Waals surface area contributed by atoms with Gasteiger partial charge >= 0.3 is 5.97 Å². The van der Waals surface area contributed by atoms with Crippen LogP contribution in [0, 0.1) is 0 Å². The van der Waals surface area contributed by atoms with Gasteiger partial charge in [0, 0.05) is 5.69 Å². The third-order valence-electron chi connectivity index (χ3n) is 2.83. The molecule has 0 bridgehead atoms. The summed E-state index contributed by atoms with van der Waals surface area (Å²) < 4.78 is 10.6. The monoisotopic (exact) mass is 250 g/mol. The van der Waals surface area contributed by atoms with Gasteiger partial charge in [-0.15, -0.1) is 0 Å². The molecule has 0 spiro atoms. The van der Waals surface area contributed by atoms with E-state index in [0.29, 0.717) is 12.2 Å². The van der Waals surface area contributed by atoms with Crippen molar-refractivity contribution in [2.75, 3.05) is 30.8 Å². The Kier molecular flexibility index (Phi) is 3.07. The Bertz CT molecular complexity index is 471. The second-order valence-electron chi connectivity index (χ2n) is 5.02. The fraction of sp³-hybridized carbons (Fsp3) is 0.462. The molecule has 0 amide bonds. The molecule has 0 atom stereocenters. The molecule has 98 valence electrons. The molecule has 18 heavy (non-hydrogen) atoms. The summed E-state index contributed by atoms with van der Waals surface area (Å²) in [5, 5.41) is 0. The van der Waals surface area contributed by atoms with Crippen molar-refractivity contribution < 1.29 is 14.3 Å². The molecular formula is C13H18N2O3. The van der Waals surface area contributed by atoms with Gasteiger partial charge in [0.15, 0.2) is 0 Å². The summed E-state index contributed by atoms with van der Waals surface area (Å²) in [7, 11) is 1.38. The van der Waals surface area contributed by atoms with Crippen LogP contribution >= 0.6 is 0 Å². The summed E-state index contributed by atoms with van der Waals surface area (Å²) >= 11 is 0. The van der Waals surface area contributed by atoms with Crippen molar-refractivity contribution in [3.8, 4) is 5.75 Å². The SMILES string of the molecule is COC(=O)CN1CC(C)(C)Oc2ccc(N)cc21. The molecule has 0 aliphatic carbocycles. The maximum Gasteiger partial charge on any atom is 0.325 e. The van der Waals surface area contributed by atoms with E-state index < -0.39 is 0 Å². The van der Waals surface area contributed by atoms with Crippen LogP contribution in [0.5, 0.6) is 5.75 Å². The number of hydrogen-bond acceptors (Lipinski definition) is 5. The van der Waals surface area contributed by atoms with Crippen LogP contribution in [0.2, 0.25) is 0 Å². The number of esters is 1. The lowest BCUT2D eigenvalue weighted by Crippen LogP contribution is -2.48. The molecule has 0 saturated heterocycles. The number of nitrogens with two attached hydrogens (primary N) is 1. The van der Waals surface area contributed by atoms with Crippen LogP contribution in [-0.4, -0.2) is 31.8 Å². The Morgan fingerprint density at radius 2 is 2.28 bits per heavy atom. The average molecular weight is 250 g/mol. The van der Waals surface area contributed by atoms with E-state index in [-0.39, 0.29) is 18.1 Å². The fourth-order valence-electron chi connectivity index (χ4n) is 2.10. The van der Waals surface area contributed by atoms with Crippen LogP contribution in [0.15, 0.2) is 18.2 Å². The molecule has 1 aliphatic heterocycles. The van der Waals surface area contributed by atoms with Crippen LogP contribution in [-0.2, 0) is 9.53 Å². The van der Waals surface area contributed by atoms with Crippen LogP contribution in [0.3, 0.4) is 0 Å². The normalized spacial score (nSPS) is 16.7. The summed E-state index contributed by atoms with van der Waals surface area (Å²) in [5.41, 5.74) is 6.90. The standard InChI is InChI=1S/C13H18N2O3/c1-13(2)8-15(7-12(16)17-3)10-6-9(14)4-5-11(10)18-13/h4-6H,7-8,14H2,1-3H3. The summed E-state index contributed by atoms with van der Waals surface area (Å²) in [6.45, 7) is 4.77. The van der Waals surface area contributed by atoms with Crippen molar-refractivity contribution in [1.82, 2.24) is 0 Å². The van der Waals surface area contributed by atoms with Gasteiger partial charge in [-0.25, -0.2) is 0 Å². The first-order valence-corrected chi connectivity index (χ1v) is 5.81. The molecule has 0 saturated carbocycles. The van der Waals surface area contributed by atoms with Crippen molar-refractivity contribution in [3.05, 3.63) is 18.2 Å². The van der Waals surface area contributed by atoms with Gasteiger partial charge in [-0.2, -0.15) is 0 Å². The highest BCUT2D eigenvalue weighted by atomic mass is 16.5. The topological polar surface area (TPSA) is 64.8 Å². The summed E-state index contributed by atoms with van der Waals surface area (Å²) in [5.74, 6) is 0.463. The van der Waals surface area contributed by atoms with E-state index in [9.17, 15) is 4.79 Å². The molecule has 0 unspecified atom stereocenters. The molecule has 0 radical (unpaired) electrons. The number of methoxy groups -OCH3 is 1. The largest absolute Gasteiger partial charge is 0.484 e. The predicted octanol–water partition coefficient (Wildman–Crippen LogP) is 1.42. The Balaban J connectivity index is 2.35. The van der Waals surface area contributed by atoms with Gasteiger partial charge < -0.3 is 20.1 Å². The number of benzene rings is 1. The van der Waals surface area contributed by atoms with Gasteiger partial charge in [0.25, 0.3) is 0 Å². The second-order valence-corrected chi connectivity index (χ2v) is 5.02. The minimum atomic E-state index is -0.350. The first-order valence-electron chi connectivity index (χ1n) is 5.81. The molecule has 2 rings (SSSR count). The van der Waals surface area contributed by atoms with Crippen LogP contribution in [0.4, 0.5) is 11.4 Å². The quantitative estimate of drug-likeness (QED) is 0.635. The van der Waals surface area contributed by atoms with E-state index in [1.165, 1.54) is 7.11 Å². The first-order chi connectivity index (χ1) is 8.41. The van der Waals surface area contributed by atoms with Gasteiger partial charge in [-0.1, -0.05) is 0 Å². The third kappa shape index (κ3) is 2.50. The van der Waals surface area contributed by atoms with Crippen molar-refractivity contribution in [3.63, 3.8) is 0 Å². The molecule has 5 nitrogen and oxygen atoms in total. The zero-order chi connectivity index (χ0) is 13.3. The first kappa shape index (κ1) is 12.5. The summed E-state index contributed by atoms with van der Waals surface area (Å²) in [4.78, 5) is 13.4. The van der Waals surface area contributed by atoms with Gasteiger partial charge in [-0.05, 0) is 32.0 Å². The lowest BCUT2D eigenvalue weighted by Gasteiger charge is -2.40. The molecule has 1 aliphatic rings. The Labute approximate surface area is 106 Å². The minimum absolute atomic E-state index is 0.194. The van der Waals surface area contributed by atoms with Gasteiger partial charge in [0.05, 0.1) is 19.3 Å². The molecule has 1 aromatic rings. The molecule has 1 aromatic carbocycles. The number of anilines is 2. The van der Waals surface area contributed by atoms with E-state index in [1.807, 2.05) is 30.9 Å². The number of nitrogen functional groups attached to an aromatic ring is 1. The van der Waals surface area contributed by atoms with Crippen molar-refractivity contribution in [2.24, 2.45) is 0 Å².